The van der Waals surface area contributed by atoms with Crippen LogP contribution in [0.3, 0.4) is 0 Å². The summed E-state index contributed by atoms with van der Waals surface area (Å²) < 4.78 is 7.42. The van der Waals surface area contributed by atoms with E-state index in [1.807, 2.05) is 22.6 Å². The Morgan fingerprint density at radius 3 is 2.76 bits per heavy atom. The van der Waals surface area contributed by atoms with Crippen molar-refractivity contribution >= 4 is 5.91 Å². The molecule has 0 saturated carbocycles. The Morgan fingerprint density at radius 1 is 1.24 bits per heavy atom. The quantitative estimate of drug-likeness (QED) is 0.860. The monoisotopic (exact) mass is 340 g/mol. The number of rotatable bonds is 3. The van der Waals surface area contributed by atoms with E-state index >= 15 is 0 Å². The highest BCUT2D eigenvalue weighted by atomic mass is 16.5. The van der Waals surface area contributed by atoms with Crippen LogP contribution in [0.4, 0.5) is 0 Å². The Hall–Kier alpha value is -2.21. The van der Waals surface area contributed by atoms with Crippen molar-refractivity contribution in [2.24, 2.45) is 7.05 Å². The second kappa shape index (κ2) is 6.59. The summed E-state index contributed by atoms with van der Waals surface area (Å²) in [6.45, 7) is 0.587. The van der Waals surface area contributed by atoms with E-state index in [9.17, 15) is 4.79 Å². The van der Waals surface area contributed by atoms with Crippen LogP contribution in [0.15, 0.2) is 24.5 Å². The molecule has 132 valence electrons. The lowest BCUT2D eigenvalue weighted by atomic mass is 9.90. The molecule has 2 aromatic rings. The third kappa shape index (κ3) is 2.95. The summed E-state index contributed by atoms with van der Waals surface area (Å²) in [5, 5.41) is 8.20. The van der Waals surface area contributed by atoms with Gasteiger partial charge >= 0.3 is 0 Å². The van der Waals surface area contributed by atoms with Gasteiger partial charge in [-0.3, -0.25) is 4.79 Å². The second-order valence-electron chi connectivity index (χ2n) is 7.06. The normalized spacial score (nSPS) is 22.9. The fraction of sp³-hybridized carbons (Fsp3) is 0.526. The molecule has 25 heavy (non-hydrogen) atoms. The standard InChI is InChI=1S/C19H24N4O2/c1-22-12-20-21-18(22)17-10-16(25-2)11-23(17)19(24)15-8-7-13-5-3-4-6-14(13)9-15/h7-9,12,16-17H,3-6,10-11H2,1-2H3/t16-,17+/m1/s1. The Kier molecular flexibility index (Phi) is 4.29. The molecule has 2 heterocycles. The Balaban J connectivity index is 1.64. The minimum Gasteiger partial charge on any atom is -0.380 e. The minimum atomic E-state index is -0.0963. The van der Waals surface area contributed by atoms with Crippen molar-refractivity contribution in [2.75, 3.05) is 13.7 Å². The number of hydrogen-bond donors (Lipinski definition) is 0. The van der Waals surface area contributed by atoms with Crippen LogP contribution >= 0.6 is 0 Å². The van der Waals surface area contributed by atoms with Gasteiger partial charge in [-0.25, -0.2) is 0 Å². The lowest BCUT2D eigenvalue weighted by molar-refractivity contribution is 0.0683. The molecule has 4 rings (SSSR count). The second-order valence-corrected chi connectivity index (χ2v) is 7.06. The molecule has 1 aromatic carbocycles. The first kappa shape index (κ1) is 16.3. The van der Waals surface area contributed by atoms with Crippen LogP contribution in [0.2, 0.25) is 0 Å². The van der Waals surface area contributed by atoms with Gasteiger partial charge in [-0.15, -0.1) is 10.2 Å². The summed E-state index contributed by atoms with van der Waals surface area (Å²) >= 11 is 0. The molecule has 1 amide bonds. The SMILES string of the molecule is CO[C@@H]1C[C@@H](c2nncn2C)N(C(=O)c2ccc3c(c2)CCCC3)C1. The summed E-state index contributed by atoms with van der Waals surface area (Å²) in [6, 6.07) is 6.09. The molecule has 2 atom stereocenters. The molecule has 1 saturated heterocycles. The molecular weight excluding hydrogens is 316 g/mol. The maximum Gasteiger partial charge on any atom is 0.254 e. The number of fused-ring (bicyclic) bond motifs is 1. The van der Waals surface area contributed by atoms with Gasteiger partial charge in [0.1, 0.15) is 6.33 Å². The first-order valence-corrected chi connectivity index (χ1v) is 8.97. The molecule has 0 N–H and O–H groups in total. The van der Waals surface area contributed by atoms with Crippen LogP contribution in [0.1, 0.15) is 52.6 Å². The highest BCUT2D eigenvalue weighted by Gasteiger charge is 2.39. The van der Waals surface area contributed by atoms with E-state index in [1.165, 1.54) is 24.0 Å². The molecule has 1 aliphatic heterocycles. The molecule has 2 aliphatic rings. The van der Waals surface area contributed by atoms with E-state index in [-0.39, 0.29) is 18.1 Å². The summed E-state index contributed by atoms with van der Waals surface area (Å²) in [7, 11) is 3.61. The molecule has 1 fully saturated rings. The lowest BCUT2D eigenvalue weighted by Gasteiger charge is -2.24. The average Bonchev–Trinajstić information content (AvgIpc) is 3.26. The fourth-order valence-corrected chi connectivity index (χ4v) is 4.06. The summed E-state index contributed by atoms with van der Waals surface area (Å²) in [4.78, 5) is 15.1. The minimum absolute atomic E-state index is 0.0308. The van der Waals surface area contributed by atoms with Gasteiger partial charge in [0.2, 0.25) is 0 Å². The molecule has 0 bridgehead atoms. The van der Waals surface area contributed by atoms with Gasteiger partial charge < -0.3 is 14.2 Å². The smallest absolute Gasteiger partial charge is 0.254 e. The topological polar surface area (TPSA) is 60.3 Å². The molecule has 6 heteroatoms. The van der Waals surface area contributed by atoms with Crippen LogP contribution in [0.25, 0.3) is 0 Å². The number of carbonyl (C=O) groups is 1. The molecule has 0 unspecified atom stereocenters. The van der Waals surface area contributed by atoms with Crippen molar-refractivity contribution in [3.05, 3.63) is 47.0 Å². The number of carbonyl (C=O) groups excluding carboxylic acids is 1. The van der Waals surface area contributed by atoms with Crippen LogP contribution in [-0.4, -0.2) is 45.3 Å². The fourth-order valence-electron chi connectivity index (χ4n) is 4.06. The van der Waals surface area contributed by atoms with Gasteiger partial charge in [0.15, 0.2) is 5.82 Å². The Bertz CT molecular complexity index is 785. The van der Waals surface area contributed by atoms with Crippen molar-refractivity contribution < 1.29 is 9.53 Å². The Morgan fingerprint density at radius 2 is 2.04 bits per heavy atom. The van der Waals surface area contributed by atoms with Crippen molar-refractivity contribution in [3.8, 4) is 0 Å². The predicted octanol–water partition coefficient (Wildman–Crippen LogP) is 2.30. The first-order chi connectivity index (χ1) is 12.2. The molecule has 1 aromatic heterocycles. The molecule has 6 nitrogen and oxygen atoms in total. The number of hydrogen-bond acceptors (Lipinski definition) is 4. The number of ether oxygens (including phenoxy) is 1. The zero-order valence-electron chi connectivity index (χ0n) is 14.8. The van der Waals surface area contributed by atoms with E-state index < -0.39 is 0 Å². The largest absolute Gasteiger partial charge is 0.380 e. The number of likely N-dealkylation sites (tertiary alicyclic amines) is 1. The molecular formula is C19H24N4O2. The van der Waals surface area contributed by atoms with Crippen molar-refractivity contribution in [3.63, 3.8) is 0 Å². The third-order valence-electron chi connectivity index (χ3n) is 5.50. The van der Waals surface area contributed by atoms with E-state index in [2.05, 4.69) is 22.3 Å². The van der Waals surface area contributed by atoms with Gasteiger partial charge in [0.25, 0.3) is 5.91 Å². The van der Waals surface area contributed by atoms with Crippen LogP contribution in [-0.2, 0) is 24.6 Å². The maximum absolute atomic E-state index is 13.2. The highest BCUT2D eigenvalue weighted by molar-refractivity contribution is 5.95. The van der Waals surface area contributed by atoms with Crippen LogP contribution < -0.4 is 0 Å². The average molecular weight is 340 g/mol. The number of aryl methyl sites for hydroxylation is 3. The van der Waals surface area contributed by atoms with Gasteiger partial charge in [0.05, 0.1) is 12.1 Å². The van der Waals surface area contributed by atoms with E-state index in [0.29, 0.717) is 6.54 Å². The van der Waals surface area contributed by atoms with Gasteiger partial charge in [-0.05, 0) is 48.9 Å². The van der Waals surface area contributed by atoms with E-state index in [1.54, 1.807) is 13.4 Å². The van der Waals surface area contributed by atoms with Gasteiger partial charge in [-0.2, -0.15) is 0 Å². The third-order valence-corrected chi connectivity index (χ3v) is 5.50. The van der Waals surface area contributed by atoms with E-state index in [0.717, 1.165) is 30.7 Å². The number of aromatic nitrogens is 3. The number of benzene rings is 1. The number of amides is 1. The maximum atomic E-state index is 13.2. The molecule has 0 radical (unpaired) electrons. The van der Waals surface area contributed by atoms with Crippen LogP contribution in [0.5, 0.6) is 0 Å². The summed E-state index contributed by atoms with van der Waals surface area (Å²) in [6.07, 6.45) is 7.11. The zero-order valence-corrected chi connectivity index (χ0v) is 14.8. The zero-order chi connectivity index (χ0) is 17.4. The van der Waals surface area contributed by atoms with Gasteiger partial charge in [-0.1, -0.05) is 6.07 Å². The first-order valence-electron chi connectivity index (χ1n) is 8.97. The summed E-state index contributed by atoms with van der Waals surface area (Å²) in [5.41, 5.74) is 3.49. The Labute approximate surface area is 147 Å². The number of methoxy groups -OCH3 is 1. The molecule has 0 spiro atoms. The van der Waals surface area contributed by atoms with Gasteiger partial charge in [0, 0.05) is 32.7 Å². The molecule has 1 aliphatic carbocycles. The predicted molar refractivity (Wildman–Crippen MR) is 93.3 cm³/mol. The van der Waals surface area contributed by atoms with E-state index in [4.69, 9.17) is 4.74 Å². The van der Waals surface area contributed by atoms with Crippen molar-refractivity contribution in [1.29, 1.82) is 0 Å². The van der Waals surface area contributed by atoms with Crippen molar-refractivity contribution in [1.82, 2.24) is 19.7 Å². The highest BCUT2D eigenvalue weighted by Crippen LogP contribution is 2.34. The summed E-state index contributed by atoms with van der Waals surface area (Å²) in [5.74, 6) is 0.867. The van der Waals surface area contributed by atoms with Crippen LogP contribution in [0, 0.1) is 0 Å². The van der Waals surface area contributed by atoms with Crippen molar-refractivity contribution in [2.45, 2.75) is 44.2 Å². The number of nitrogens with zero attached hydrogens (tertiary/aromatic N) is 4. The lowest BCUT2D eigenvalue weighted by Crippen LogP contribution is -2.33.